The van der Waals surface area contributed by atoms with E-state index in [0.717, 1.165) is 57.8 Å². The number of carbonyl (C=O) groups is 3. The number of hydrogen-bond donors (Lipinski definition) is 0. The Morgan fingerprint density at radius 1 is 0.253 bits per heavy atom. The number of unbranched alkanes of at least 4 members (excludes halogenated alkanes) is 45. The van der Waals surface area contributed by atoms with Crippen LogP contribution in [0.1, 0.15) is 367 Å². The average Bonchev–Trinajstić information content (AvgIpc) is 3.41. The van der Waals surface area contributed by atoms with Gasteiger partial charge in [-0.15, -0.1) is 0 Å². The molecular weight excluding hydrogens is 925 g/mol. The maximum atomic E-state index is 12.9. The highest BCUT2D eigenvalue weighted by atomic mass is 16.6. The lowest BCUT2D eigenvalue weighted by molar-refractivity contribution is -0.167. The van der Waals surface area contributed by atoms with Crippen LogP contribution in [-0.2, 0) is 28.6 Å². The predicted octanol–water partition coefficient (Wildman–Crippen LogP) is 22.8. The first-order chi connectivity index (χ1) is 37.0. The van der Waals surface area contributed by atoms with E-state index in [0.29, 0.717) is 19.3 Å². The van der Waals surface area contributed by atoms with Crippen molar-refractivity contribution in [1.82, 2.24) is 0 Å². The molecule has 0 radical (unpaired) electrons. The monoisotopic (exact) mass is 1050 g/mol. The molecule has 0 fully saturated rings. The van der Waals surface area contributed by atoms with Gasteiger partial charge < -0.3 is 14.2 Å². The molecule has 0 aliphatic rings. The third-order valence-electron chi connectivity index (χ3n) is 15.1. The summed E-state index contributed by atoms with van der Waals surface area (Å²) in [5.41, 5.74) is 0. The van der Waals surface area contributed by atoms with E-state index in [4.69, 9.17) is 14.2 Å². The third-order valence-corrected chi connectivity index (χ3v) is 15.1. The Balaban J connectivity index is 4.34. The van der Waals surface area contributed by atoms with Gasteiger partial charge in [-0.05, 0) is 96.3 Å². The third kappa shape index (κ3) is 62.4. The smallest absolute Gasteiger partial charge is 0.306 e. The van der Waals surface area contributed by atoms with Gasteiger partial charge in [-0.2, -0.15) is 0 Å². The van der Waals surface area contributed by atoms with Crippen molar-refractivity contribution in [3.05, 3.63) is 36.5 Å². The van der Waals surface area contributed by atoms with Gasteiger partial charge in [-0.3, -0.25) is 14.4 Å². The molecular formula is C69H128O6. The van der Waals surface area contributed by atoms with Crippen LogP contribution >= 0.6 is 0 Å². The molecule has 0 aromatic rings. The summed E-state index contributed by atoms with van der Waals surface area (Å²) in [5.74, 6) is -0.859. The number of ether oxygens (including phenoxy) is 3. The Bertz CT molecular complexity index is 1250. The normalized spacial score (nSPS) is 12.2. The van der Waals surface area contributed by atoms with Crippen molar-refractivity contribution in [2.24, 2.45) is 0 Å². The van der Waals surface area contributed by atoms with E-state index < -0.39 is 6.10 Å². The van der Waals surface area contributed by atoms with Crippen molar-refractivity contribution in [3.63, 3.8) is 0 Å². The summed E-state index contributed by atoms with van der Waals surface area (Å²) >= 11 is 0. The first-order valence-electron chi connectivity index (χ1n) is 33.5. The number of carbonyl (C=O) groups excluding carboxylic acids is 3. The average molecular weight is 1050 g/mol. The van der Waals surface area contributed by atoms with Crippen LogP contribution in [0.15, 0.2) is 36.5 Å². The van der Waals surface area contributed by atoms with Crippen molar-refractivity contribution in [2.75, 3.05) is 13.2 Å². The SMILES string of the molecule is CCCCCCCCC/C=C\CCCCCCCCCC(=O)OCC(COC(=O)CCCCCCCCCCC/C=C\CCCCCCCCCC)OC(=O)CCCCCCCCC/C=C\CCCCCCCCC. The molecule has 0 saturated heterocycles. The van der Waals surface area contributed by atoms with Gasteiger partial charge in [0.2, 0.25) is 0 Å². The van der Waals surface area contributed by atoms with E-state index >= 15 is 0 Å². The van der Waals surface area contributed by atoms with Crippen molar-refractivity contribution >= 4 is 17.9 Å². The zero-order valence-corrected chi connectivity index (χ0v) is 50.6. The van der Waals surface area contributed by atoms with Crippen LogP contribution in [0.5, 0.6) is 0 Å². The molecule has 75 heavy (non-hydrogen) atoms. The van der Waals surface area contributed by atoms with E-state index in [1.165, 1.54) is 270 Å². The van der Waals surface area contributed by atoms with Crippen molar-refractivity contribution in [2.45, 2.75) is 374 Å². The molecule has 0 rings (SSSR count). The second-order valence-corrected chi connectivity index (χ2v) is 22.7. The van der Waals surface area contributed by atoms with E-state index in [9.17, 15) is 14.4 Å². The van der Waals surface area contributed by atoms with E-state index in [2.05, 4.69) is 57.2 Å². The lowest BCUT2D eigenvalue weighted by atomic mass is 10.1. The second kappa shape index (κ2) is 64.2. The van der Waals surface area contributed by atoms with Gasteiger partial charge in [0, 0.05) is 19.3 Å². The van der Waals surface area contributed by atoms with Gasteiger partial charge in [-0.1, -0.05) is 288 Å². The Hall–Kier alpha value is -2.37. The number of rotatable bonds is 62. The standard InChI is InChI=1S/C69H128O6/c1-4-7-10-13-16-19-22-25-28-31-34-35-36-39-41-44-47-50-53-56-59-62-68(71)74-65-66(75-69(72)63-60-57-54-51-48-45-42-38-33-30-27-24-21-18-15-12-9-6-3)64-73-67(70)61-58-55-52-49-46-43-40-37-32-29-26-23-20-17-14-11-8-5-2/h29-34,66H,4-28,35-65H2,1-3H3/b32-29-,33-30-,34-31-. The summed E-state index contributed by atoms with van der Waals surface area (Å²) in [4.78, 5) is 38.4. The highest BCUT2D eigenvalue weighted by Crippen LogP contribution is 2.17. The van der Waals surface area contributed by atoms with Crippen LogP contribution in [0.3, 0.4) is 0 Å². The van der Waals surface area contributed by atoms with Crippen LogP contribution in [-0.4, -0.2) is 37.2 Å². The first-order valence-corrected chi connectivity index (χ1v) is 33.5. The van der Waals surface area contributed by atoms with E-state index in [-0.39, 0.29) is 31.1 Å². The Labute approximate surface area is 467 Å². The molecule has 0 aliphatic heterocycles. The highest BCUT2D eigenvalue weighted by Gasteiger charge is 2.19. The van der Waals surface area contributed by atoms with Crippen molar-refractivity contribution in [3.8, 4) is 0 Å². The van der Waals surface area contributed by atoms with Crippen LogP contribution < -0.4 is 0 Å². The largest absolute Gasteiger partial charge is 0.462 e. The van der Waals surface area contributed by atoms with Gasteiger partial charge in [-0.25, -0.2) is 0 Å². The summed E-state index contributed by atoms with van der Waals surface area (Å²) in [6.07, 6.45) is 78.6. The molecule has 0 N–H and O–H groups in total. The molecule has 0 bridgehead atoms. The molecule has 0 saturated carbocycles. The summed E-state index contributed by atoms with van der Waals surface area (Å²) in [7, 11) is 0. The highest BCUT2D eigenvalue weighted by molar-refractivity contribution is 5.71. The lowest BCUT2D eigenvalue weighted by Crippen LogP contribution is -2.30. The molecule has 440 valence electrons. The van der Waals surface area contributed by atoms with Gasteiger partial charge in [0.15, 0.2) is 6.10 Å². The summed E-state index contributed by atoms with van der Waals surface area (Å²) in [6, 6.07) is 0. The fraction of sp³-hybridized carbons (Fsp3) is 0.870. The summed E-state index contributed by atoms with van der Waals surface area (Å²) in [5, 5.41) is 0. The van der Waals surface area contributed by atoms with Gasteiger partial charge >= 0.3 is 17.9 Å². The zero-order valence-electron chi connectivity index (χ0n) is 50.6. The molecule has 0 amide bonds. The minimum Gasteiger partial charge on any atom is -0.462 e. The minimum atomic E-state index is -0.777. The maximum absolute atomic E-state index is 12.9. The van der Waals surface area contributed by atoms with Gasteiger partial charge in [0.25, 0.3) is 0 Å². The predicted molar refractivity (Wildman–Crippen MR) is 326 cm³/mol. The van der Waals surface area contributed by atoms with Crippen LogP contribution in [0.25, 0.3) is 0 Å². The molecule has 1 unspecified atom stereocenters. The summed E-state index contributed by atoms with van der Waals surface area (Å²) in [6.45, 7) is 6.69. The maximum Gasteiger partial charge on any atom is 0.306 e. The quantitative estimate of drug-likeness (QED) is 0.0261. The Morgan fingerprint density at radius 2 is 0.440 bits per heavy atom. The lowest BCUT2D eigenvalue weighted by Gasteiger charge is -2.18. The van der Waals surface area contributed by atoms with Crippen molar-refractivity contribution < 1.29 is 28.6 Å². The topological polar surface area (TPSA) is 78.9 Å². The Morgan fingerprint density at radius 3 is 0.667 bits per heavy atom. The zero-order chi connectivity index (χ0) is 54.3. The summed E-state index contributed by atoms with van der Waals surface area (Å²) < 4.78 is 17.0. The molecule has 1 atom stereocenters. The van der Waals surface area contributed by atoms with Crippen LogP contribution in [0.2, 0.25) is 0 Å². The second-order valence-electron chi connectivity index (χ2n) is 22.7. The Kier molecular flexibility index (Phi) is 62.1. The molecule has 0 aromatic carbocycles. The molecule has 0 spiro atoms. The van der Waals surface area contributed by atoms with Gasteiger partial charge in [0.1, 0.15) is 13.2 Å². The molecule has 0 aliphatic carbocycles. The number of esters is 3. The number of allylic oxidation sites excluding steroid dienone is 6. The minimum absolute atomic E-state index is 0.0732. The van der Waals surface area contributed by atoms with Crippen LogP contribution in [0, 0.1) is 0 Å². The molecule has 0 heterocycles. The molecule has 0 aromatic heterocycles. The van der Waals surface area contributed by atoms with E-state index in [1.807, 2.05) is 0 Å². The molecule has 6 heteroatoms. The van der Waals surface area contributed by atoms with Crippen LogP contribution in [0.4, 0.5) is 0 Å². The first kappa shape index (κ1) is 72.6. The molecule has 6 nitrogen and oxygen atoms in total. The van der Waals surface area contributed by atoms with Gasteiger partial charge in [0.05, 0.1) is 0 Å². The fourth-order valence-electron chi connectivity index (χ4n) is 10.0. The van der Waals surface area contributed by atoms with Crippen molar-refractivity contribution in [1.29, 1.82) is 0 Å². The number of hydrogen-bond acceptors (Lipinski definition) is 6. The fourth-order valence-corrected chi connectivity index (χ4v) is 10.0. The van der Waals surface area contributed by atoms with E-state index in [1.54, 1.807) is 0 Å².